The van der Waals surface area contributed by atoms with Crippen LogP contribution in [0.15, 0.2) is 24.3 Å². The molecule has 3 heteroatoms. The van der Waals surface area contributed by atoms with Crippen LogP contribution in [0.1, 0.15) is 67.3 Å². The van der Waals surface area contributed by atoms with Gasteiger partial charge >= 0.3 is 0 Å². The van der Waals surface area contributed by atoms with Crippen LogP contribution in [0.2, 0.25) is 0 Å². The Hall–Kier alpha value is -1.35. The summed E-state index contributed by atoms with van der Waals surface area (Å²) in [7, 11) is 0. The molecule has 0 unspecified atom stereocenters. The van der Waals surface area contributed by atoms with Crippen LogP contribution >= 0.6 is 0 Å². The highest BCUT2D eigenvalue weighted by Gasteiger charge is 2.42. The maximum Gasteiger partial charge on any atom is 0.251 e. The Morgan fingerprint density at radius 2 is 1.61 bits per heavy atom. The van der Waals surface area contributed by atoms with Crippen molar-refractivity contribution in [2.24, 2.45) is 0 Å². The van der Waals surface area contributed by atoms with Gasteiger partial charge in [0.05, 0.1) is 19.6 Å². The molecule has 126 valence electrons. The number of likely N-dealkylation sites (tertiary alicyclic amines) is 1. The van der Waals surface area contributed by atoms with E-state index in [2.05, 4.69) is 12.2 Å². The molecule has 0 bridgehead atoms. The Balaban J connectivity index is 1.66. The average molecular weight is 315 g/mol. The molecule has 1 aromatic carbocycles. The third kappa shape index (κ3) is 3.95. The van der Waals surface area contributed by atoms with E-state index in [1.807, 2.05) is 24.3 Å². The fourth-order valence-corrected chi connectivity index (χ4v) is 4.45. The highest BCUT2D eigenvalue weighted by molar-refractivity contribution is 5.94. The summed E-state index contributed by atoms with van der Waals surface area (Å²) < 4.78 is 0. The Labute approximate surface area is 140 Å². The summed E-state index contributed by atoms with van der Waals surface area (Å²) in [5.74, 6) is 0.0892. The van der Waals surface area contributed by atoms with Gasteiger partial charge in [0.25, 0.3) is 5.91 Å². The summed E-state index contributed by atoms with van der Waals surface area (Å²) in [4.78, 5) is 14.3. The molecule has 23 heavy (non-hydrogen) atoms. The third-order valence-electron chi connectivity index (χ3n) is 5.92. The molecule has 1 aliphatic heterocycles. The lowest BCUT2D eigenvalue weighted by Gasteiger charge is -2.45. The van der Waals surface area contributed by atoms with Crippen molar-refractivity contribution in [2.45, 2.75) is 63.8 Å². The number of amides is 1. The van der Waals surface area contributed by atoms with Crippen molar-refractivity contribution in [3.8, 4) is 0 Å². The summed E-state index contributed by atoms with van der Waals surface area (Å²) >= 11 is 0. The van der Waals surface area contributed by atoms with Crippen LogP contribution in [0.3, 0.4) is 0 Å². The fraction of sp³-hybridized carbons (Fsp3) is 0.650. The Morgan fingerprint density at radius 3 is 2.26 bits per heavy atom. The van der Waals surface area contributed by atoms with E-state index in [4.69, 9.17) is 0 Å². The first-order chi connectivity index (χ1) is 11.2. The van der Waals surface area contributed by atoms with Crippen molar-refractivity contribution in [2.75, 3.05) is 19.6 Å². The van der Waals surface area contributed by atoms with Crippen LogP contribution in [0.25, 0.3) is 0 Å². The first kappa shape index (κ1) is 16.5. The van der Waals surface area contributed by atoms with Gasteiger partial charge in [-0.1, -0.05) is 24.1 Å². The molecule has 2 aliphatic rings. The lowest BCUT2D eigenvalue weighted by atomic mass is 9.79. The summed E-state index contributed by atoms with van der Waals surface area (Å²) in [5.41, 5.74) is 2.28. The number of hydrogen-bond acceptors (Lipinski definition) is 1. The normalized spacial score (nSPS) is 21.8. The Bertz CT molecular complexity index is 511. The highest BCUT2D eigenvalue weighted by Crippen LogP contribution is 2.26. The number of benzene rings is 1. The van der Waals surface area contributed by atoms with Gasteiger partial charge < -0.3 is 10.2 Å². The molecule has 2 N–H and O–H groups in total. The van der Waals surface area contributed by atoms with Crippen LogP contribution in [0.4, 0.5) is 0 Å². The van der Waals surface area contributed by atoms with Crippen LogP contribution in [-0.2, 0) is 0 Å². The number of hydrogen-bond donors (Lipinski definition) is 2. The average Bonchev–Trinajstić information content (AvgIpc) is 2.62. The van der Waals surface area contributed by atoms with Gasteiger partial charge in [-0.3, -0.25) is 4.79 Å². The highest BCUT2D eigenvalue weighted by atomic mass is 16.1. The molecule has 1 amide bonds. The molecular weight excluding hydrogens is 284 g/mol. The van der Waals surface area contributed by atoms with Crippen molar-refractivity contribution >= 4 is 5.91 Å². The second kappa shape index (κ2) is 7.48. The molecule has 0 spiro atoms. The molecule has 1 aliphatic carbocycles. The van der Waals surface area contributed by atoms with Crippen LogP contribution in [0, 0.1) is 6.92 Å². The SMILES string of the molecule is Cc1ccc(C(=O)NCC2([NH+]3CCCCC3)CCCCC2)cc1. The van der Waals surface area contributed by atoms with Crippen molar-refractivity contribution in [1.82, 2.24) is 5.32 Å². The largest absolute Gasteiger partial charge is 0.346 e. The fourth-order valence-electron chi connectivity index (χ4n) is 4.45. The van der Waals surface area contributed by atoms with Gasteiger partial charge in [-0.05, 0) is 51.2 Å². The van der Waals surface area contributed by atoms with Gasteiger partial charge in [0.15, 0.2) is 0 Å². The molecule has 3 rings (SSSR count). The van der Waals surface area contributed by atoms with Gasteiger partial charge in [0.2, 0.25) is 0 Å². The smallest absolute Gasteiger partial charge is 0.251 e. The number of nitrogens with one attached hydrogen (secondary N) is 2. The quantitative estimate of drug-likeness (QED) is 0.879. The van der Waals surface area contributed by atoms with Crippen molar-refractivity contribution < 1.29 is 9.69 Å². The maximum absolute atomic E-state index is 12.5. The van der Waals surface area contributed by atoms with Crippen molar-refractivity contribution in [3.05, 3.63) is 35.4 Å². The third-order valence-corrected chi connectivity index (χ3v) is 5.92. The van der Waals surface area contributed by atoms with E-state index >= 15 is 0 Å². The van der Waals surface area contributed by atoms with Crippen molar-refractivity contribution in [1.29, 1.82) is 0 Å². The number of aryl methyl sites for hydroxylation is 1. The number of piperidine rings is 1. The molecule has 3 nitrogen and oxygen atoms in total. The van der Waals surface area contributed by atoms with Gasteiger partial charge in [-0.2, -0.15) is 0 Å². The van der Waals surface area contributed by atoms with Crippen LogP contribution in [-0.4, -0.2) is 31.1 Å². The zero-order valence-electron chi connectivity index (χ0n) is 14.5. The van der Waals surface area contributed by atoms with Gasteiger partial charge in [-0.15, -0.1) is 0 Å². The van der Waals surface area contributed by atoms with E-state index in [0.717, 1.165) is 12.1 Å². The van der Waals surface area contributed by atoms with Gasteiger partial charge in [0, 0.05) is 18.4 Å². The summed E-state index contributed by atoms with van der Waals surface area (Å²) in [6.45, 7) is 5.48. The number of carbonyl (C=O) groups is 1. The summed E-state index contributed by atoms with van der Waals surface area (Å²) in [6, 6.07) is 7.90. The van der Waals surface area contributed by atoms with E-state index in [-0.39, 0.29) is 5.91 Å². The van der Waals surface area contributed by atoms with E-state index in [9.17, 15) is 4.79 Å². The maximum atomic E-state index is 12.5. The second-order valence-corrected chi connectivity index (χ2v) is 7.55. The zero-order valence-corrected chi connectivity index (χ0v) is 14.5. The Kier molecular flexibility index (Phi) is 5.37. The molecule has 1 heterocycles. The monoisotopic (exact) mass is 315 g/mol. The second-order valence-electron chi connectivity index (χ2n) is 7.55. The molecule has 2 fully saturated rings. The molecule has 1 saturated carbocycles. The molecule has 0 radical (unpaired) electrons. The predicted octanol–water partition coefficient (Wildman–Crippen LogP) is 2.50. The molecule has 1 aromatic rings. The van der Waals surface area contributed by atoms with Gasteiger partial charge in [0.1, 0.15) is 5.54 Å². The van der Waals surface area contributed by atoms with Gasteiger partial charge in [-0.25, -0.2) is 0 Å². The minimum atomic E-state index is 0.0892. The van der Waals surface area contributed by atoms with E-state index < -0.39 is 0 Å². The van der Waals surface area contributed by atoms with Crippen LogP contribution < -0.4 is 10.2 Å². The lowest BCUT2D eigenvalue weighted by Crippen LogP contribution is -3.22. The van der Waals surface area contributed by atoms with Crippen molar-refractivity contribution in [3.63, 3.8) is 0 Å². The first-order valence-electron chi connectivity index (χ1n) is 9.40. The minimum absolute atomic E-state index is 0.0892. The molecular formula is C20H31N2O+. The molecule has 0 aromatic heterocycles. The standard InChI is InChI=1S/C20H30N2O/c1-17-8-10-18(11-9-17)19(23)21-16-20(12-4-2-5-13-20)22-14-6-3-7-15-22/h8-11H,2-7,12-16H2,1H3,(H,21,23)/p+1. The molecule has 0 atom stereocenters. The summed E-state index contributed by atoms with van der Waals surface area (Å²) in [5, 5.41) is 3.27. The number of rotatable bonds is 4. The van der Waals surface area contributed by atoms with Crippen LogP contribution in [0.5, 0.6) is 0 Å². The van der Waals surface area contributed by atoms with E-state index in [0.29, 0.717) is 5.54 Å². The lowest BCUT2D eigenvalue weighted by molar-refractivity contribution is -0.957. The van der Waals surface area contributed by atoms with E-state index in [1.165, 1.54) is 70.0 Å². The Morgan fingerprint density at radius 1 is 1.00 bits per heavy atom. The summed E-state index contributed by atoms with van der Waals surface area (Å²) in [6.07, 6.45) is 10.6. The minimum Gasteiger partial charge on any atom is -0.346 e. The van der Waals surface area contributed by atoms with E-state index in [1.54, 1.807) is 4.90 Å². The number of carbonyl (C=O) groups excluding carboxylic acids is 1. The number of quaternary nitrogens is 1. The predicted molar refractivity (Wildman–Crippen MR) is 93.9 cm³/mol. The first-order valence-corrected chi connectivity index (χ1v) is 9.40. The molecule has 1 saturated heterocycles. The topological polar surface area (TPSA) is 33.5 Å². The zero-order chi connectivity index (χ0) is 16.1.